The lowest BCUT2D eigenvalue weighted by atomic mass is 9.76. The molecule has 6 heteroatoms. The average molecular weight is 331 g/mol. The first-order valence-corrected chi connectivity index (χ1v) is 9.90. The fraction of sp³-hybridized carbons (Fsp3) is 0.733. The molecule has 0 aliphatic heterocycles. The lowest BCUT2D eigenvalue weighted by Gasteiger charge is -2.33. The molecular formula is C15H26N2O2S2. The van der Waals surface area contributed by atoms with Crippen molar-refractivity contribution in [1.82, 2.24) is 10.0 Å². The molecule has 1 saturated carbocycles. The van der Waals surface area contributed by atoms with E-state index in [4.69, 9.17) is 0 Å². The molecule has 1 heterocycles. The Hall–Kier alpha value is -0.430. The number of hydrogen-bond donors (Lipinski definition) is 2. The van der Waals surface area contributed by atoms with Gasteiger partial charge in [-0.2, -0.15) is 0 Å². The molecule has 0 atom stereocenters. The highest BCUT2D eigenvalue weighted by atomic mass is 32.2. The van der Waals surface area contributed by atoms with Gasteiger partial charge in [0.1, 0.15) is 0 Å². The molecule has 0 aromatic carbocycles. The number of aryl methyl sites for hydroxylation is 1. The zero-order chi connectivity index (χ0) is 15.5. The Morgan fingerprint density at radius 1 is 1.29 bits per heavy atom. The predicted molar refractivity (Wildman–Crippen MR) is 88.2 cm³/mol. The number of rotatable bonds is 6. The van der Waals surface area contributed by atoms with Gasteiger partial charge in [-0.15, -0.1) is 11.3 Å². The standard InChI is InChI=1S/C15H26N2O2S2/c1-12-14(9-13(20-12)10-16-3)21(18,19)17-11-15(2)7-5-4-6-8-15/h9,16-17H,4-8,10-11H2,1-3H3. The summed E-state index contributed by atoms with van der Waals surface area (Å²) in [6.45, 7) is 5.33. The molecule has 1 fully saturated rings. The van der Waals surface area contributed by atoms with Crippen molar-refractivity contribution < 1.29 is 8.42 Å². The Labute approximate surface area is 132 Å². The topological polar surface area (TPSA) is 58.2 Å². The van der Waals surface area contributed by atoms with E-state index in [0.29, 0.717) is 18.0 Å². The van der Waals surface area contributed by atoms with Crippen LogP contribution >= 0.6 is 11.3 Å². The average Bonchev–Trinajstić information content (AvgIpc) is 2.80. The maximum absolute atomic E-state index is 12.5. The van der Waals surface area contributed by atoms with Gasteiger partial charge in [-0.25, -0.2) is 13.1 Å². The Bertz CT molecular complexity index is 572. The van der Waals surface area contributed by atoms with E-state index < -0.39 is 10.0 Å². The van der Waals surface area contributed by atoms with Crippen LogP contribution in [0, 0.1) is 12.3 Å². The van der Waals surface area contributed by atoms with Gasteiger partial charge in [-0.1, -0.05) is 26.2 Å². The quantitative estimate of drug-likeness (QED) is 0.843. The van der Waals surface area contributed by atoms with Crippen molar-refractivity contribution in [2.75, 3.05) is 13.6 Å². The second-order valence-corrected chi connectivity index (χ2v) is 9.44. The van der Waals surface area contributed by atoms with Crippen LogP contribution in [0.5, 0.6) is 0 Å². The SMILES string of the molecule is CNCc1cc(S(=O)(=O)NCC2(C)CCCCC2)c(C)s1. The maximum atomic E-state index is 12.5. The number of nitrogens with one attached hydrogen (secondary N) is 2. The second-order valence-electron chi connectivity index (χ2n) is 6.36. The van der Waals surface area contributed by atoms with Crippen LogP contribution in [0.3, 0.4) is 0 Å². The number of sulfonamides is 1. The Morgan fingerprint density at radius 2 is 1.95 bits per heavy atom. The van der Waals surface area contributed by atoms with Crippen LogP contribution in [0.4, 0.5) is 0 Å². The van der Waals surface area contributed by atoms with Crippen molar-refractivity contribution >= 4 is 21.4 Å². The highest BCUT2D eigenvalue weighted by molar-refractivity contribution is 7.89. The molecule has 0 radical (unpaired) electrons. The molecular weight excluding hydrogens is 304 g/mol. The van der Waals surface area contributed by atoms with Crippen LogP contribution in [0.1, 0.15) is 48.8 Å². The summed E-state index contributed by atoms with van der Waals surface area (Å²) in [4.78, 5) is 2.36. The summed E-state index contributed by atoms with van der Waals surface area (Å²) < 4.78 is 27.9. The summed E-state index contributed by atoms with van der Waals surface area (Å²) in [5.41, 5.74) is 0.114. The first-order chi connectivity index (χ1) is 9.86. The molecule has 1 aromatic heterocycles. The monoisotopic (exact) mass is 330 g/mol. The van der Waals surface area contributed by atoms with Crippen molar-refractivity contribution in [2.45, 2.75) is 57.4 Å². The van der Waals surface area contributed by atoms with Crippen molar-refractivity contribution in [3.8, 4) is 0 Å². The molecule has 1 aromatic rings. The minimum absolute atomic E-state index is 0.114. The highest BCUT2D eigenvalue weighted by Crippen LogP contribution is 2.35. The van der Waals surface area contributed by atoms with E-state index in [1.165, 1.54) is 19.3 Å². The molecule has 2 N–H and O–H groups in total. The van der Waals surface area contributed by atoms with E-state index in [2.05, 4.69) is 17.0 Å². The van der Waals surface area contributed by atoms with Gasteiger partial charge in [0.25, 0.3) is 0 Å². The van der Waals surface area contributed by atoms with Crippen LogP contribution in [0.15, 0.2) is 11.0 Å². The molecule has 0 saturated heterocycles. The van der Waals surface area contributed by atoms with Gasteiger partial charge in [0.2, 0.25) is 10.0 Å². The first kappa shape index (κ1) is 16.9. The van der Waals surface area contributed by atoms with Crippen molar-refractivity contribution in [2.24, 2.45) is 5.41 Å². The van der Waals surface area contributed by atoms with E-state index in [1.807, 2.05) is 14.0 Å². The van der Waals surface area contributed by atoms with Gasteiger partial charge in [0.05, 0.1) is 4.90 Å². The normalized spacial score (nSPS) is 18.8. The summed E-state index contributed by atoms with van der Waals surface area (Å²) in [6, 6.07) is 1.79. The molecule has 0 spiro atoms. The zero-order valence-corrected chi connectivity index (χ0v) is 14.8. The third-order valence-corrected chi connectivity index (χ3v) is 7.02. The lowest BCUT2D eigenvalue weighted by Crippen LogP contribution is -2.37. The van der Waals surface area contributed by atoms with Gasteiger partial charge >= 0.3 is 0 Å². The van der Waals surface area contributed by atoms with Gasteiger partial charge in [-0.05, 0) is 38.3 Å². The lowest BCUT2D eigenvalue weighted by molar-refractivity contribution is 0.219. The molecule has 1 aliphatic carbocycles. The van der Waals surface area contributed by atoms with E-state index in [-0.39, 0.29) is 5.41 Å². The van der Waals surface area contributed by atoms with Crippen molar-refractivity contribution in [3.05, 3.63) is 15.8 Å². The summed E-state index contributed by atoms with van der Waals surface area (Å²) in [6.07, 6.45) is 5.93. The second kappa shape index (κ2) is 6.77. The zero-order valence-electron chi connectivity index (χ0n) is 13.2. The third kappa shape index (κ3) is 4.28. The van der Waals surface area contributed by atoms with Gasteiger partial charge < -0.3 is 5.32 Å². The van der Waals surface area contributed by atoms with Gasteiger partial charge in [0, 0.05) is 22.8 Å². The third-order valence-electron chi connectivity index (χ3n) is 4.31. The smallest absolute Gasteiger partial charge is 0.241 e. The van der Waals surface area contributed by atoms with Gasteiger partial charge in [0.15, 0.2) is 0 Å². The molecule has 1 aliphatic rings. The molecule has 21 heavy (non-hydrogen) atoms. The molecule has 2 rings (SSSR count). The molecule has 0 unspecified atom stereocenters. The largest absolute Gasteiger partial charge is 0.315 e. The van der Waals surface area contributed by atoms with Crippen molar-refractivity contribution in [3.63, 3.8) is 0 Å². The minimum Gasteiger partial charge on any atom is -0.315 e. The first-order valence-electron chi connectivity index (χ1n) is 7.60. The molecule has 4 nitrogen and oxygen atoms in total. The van der Waals surface area contributed by atoms with Gasteiger partial charge in [-0.3, -0.25) is 0 Å². The predicted octanol–water partition coefficient (Wildman–Crippen LogP) is 3.02. The summed E-state index contributed by atoms with van der Waals surface area (Å²) in [5.74, 6) is 0. The van der Waals surface area contributed by atoms with E-state index in [0.717, 1.165) is 22.6 Å². The van der Waals surface area contributed by atoms with E-state index >= 15 is 0 Å². The summed E-state index contributed by atoms with van der Waals surface area (Å²) in [5, 5.41) is 3.06. The van der Waals surface area contributed by atoms with E-state index in [9.17, 15) is 8.42 Å². The molecule has 0 bridgehead atoms. The van der Waals surface area contributed by atoms with Crippen LogP contribution in [-0.2, 0) is 16.6 Å². The minimum atomic E-state index is -3.39. The van der Waals surface area contributed by atoms with Crippen molar-refractivity contribution in [1.29, 1.82) is 0 Å². The van der Waals surface area contributed by atoms with Crippen LogP contribution in [-0.4, -0.2) is 22.0 Å². The highest BCUT2D eigenvalue weighted by Gasteiger charge is 2.29. The molecule has 0 amide bonds. The number of hydrogen-bond acceptors (Lipinski definition) is 4. The fourth-order valence-corrected chi connectivity index (χ4v) is 5.83. The fourth-order valence-electron chi connectivity index (χ4n) is 2.98. The number of thiophene rings is 1. The van der Waals surface area contributed by atoms with Crippen LogP contribution in [0.2, 0.25) is 0 Å². The maximum Gasteiger partial charge on any atom is 0.241 e. The van der Waals surface area contributed by atoms with Crippen LogP contribution in [0.25, 0.3) is 0 Å². The van der Waals surface area contributed by atoms with E-state index in [1.54, 1.807) is 17.4 Å². The summed E-state index contributed by atoms with van der Waals surface area (Å²) >= 11 is 1.54. The van der Waals surface area contributed by atoms with Crippen LogP contribution < -0.4 is 10.0 Å². The Morgan fingerprint density at radius 3 is 2.57 bits per heavy atom. The summed E-state index contributed by atoms with van der Waals surface area (Å²) in [7, 11) is -1.53. The molecule has 120 valence electrons. The Kier molecular flexibility index (Phi) is 5.46. The Balaban J connectivity index is 2.07.